The van der Waals surface area contributed by atoms with Gasteiger partial charge in [-0.05, 0) is 19.1 Å². The highest BCUT2D eigenvalue weighted by molar-refractivity contribution is 7.18. The zero-order valence-corrected chi connectivity index (χ0v) is 15.2. The van der Waals surface area contributed by atoms with Crippen LogP contribution in [0.3, 0.4) is 0 Å². The van der Waals surface area contributed by atoms with Crippen LogP contribution in [0.2, 0.25) is 0 Å². The van der Waals surface area contributed by atoms with Crippen molar-refractivity contribution in [1.82, 2.24) is 14.8 Å². The van der Waals surface area contributed by atoms with Gasteiger partial charge in [-0.2, -0.15) is 0 Å². The van der Waals surface area contributed by atoms with E-state index in [2.05, 4.69) is 9.88 Å². The van der Waals surface area contributed by atoms with E-state index in [1.54, 1.807) is 11.3 Å². The van der Waals surface area contributed by atoms with Crippen LogP contribution in [0.4, 0.5) is 0 Å². The summed E-state index contributed by atoms with van der Waals surface area (Å²) in [5, 5.41) is 11.3. The molecule has 1 amide bonds. The lowest BCUT2D eigenvalue weighted by atomic mass is 10.2. The minimum Gasteiger partial charge on any atom is -0.491 e. The second-order valence-electron chi connectivity index (χ2n) is 6.37. The number of carbonyl (C=O) groups is 1. The first-order chi connectivity index (χ1) is 12.0. The van der Waals surface area contributed by atoms with E-state index in [4.69, 9.17) is 10.5 Å². The maximum atomic E-state index is 10.9. The zero-order valence-electron chi connectivity index (χ0n) is 14.4. The number of ether oxygens (including phenoxy) is 1. The molecule has 0 bridgehead atoms. The third-order valence-corrected chi connectivity index (χ3v) is 5.17. The third-order valence-electron chi connectivity index (χ3n) is 4.22. The summed E-state index contributed by atoms with van der Waals surface area (Å²) in [6.45, 7) is 6.30. The Balaban J connectivity index is 1.43. The quantitative estimate of drug-likeness (QED) is 0.741. The van der Waals surface area contributed by atoms with E-state index in [1.807, 2.05) is 30.0 Å². The van der Waals surface area contributed by atoms with Crippen molar-refractivity contribution >= 4 is 27.5 Å². The molecule has 0 radical (unpaired) electrons. The molecule has 1 aliphatic rings. The molecule has 3 rings (SSSR count). The number of nitrogens with zero attached hydrogens (tertiary/aromatic N) is 3. The summed E-state index contributed by atoms with van der Waals surface area (Å²) in [6.07, 6.45) is -0.560. The Morgan fingerprint density at radius 1 is 1.36 bits per heavy atom. The monoisotopic (exact) mass is 364 g/mol. The highest BCUT2D eigenvalue weighted by Crippen LogP contribution is 2.25. The average molecular weight is 364 g/mol. The lowest BCUT2D eigenvalue weighted by Gasteiger charge is -2.34. The summed E-state index contributed by atoms with van der Waals surface area (Å²) in [6, 6.07) is 5.82. The van der Waals surface area contributed by atoms with Crippen LogP contribution in [0.25, 0.3) is 10.2 Å². The summed E-state index contributed by atoms with van der Waals surface area (Å²) in [5.74, 6) is 0.428. The molecule has 0 saturated carbocycles. The number of aliphatic hydroxyl groups is 1. The Labute approximate surface area is 151 Å². The van der Waals surface area contributed by atoms with Crippen LogP contribution < -0.4 is 10.5 Å². The first-order valence-corrected chi connectivity index (χ1v) is 9.22. The number of thiazole rings is 1. The normalized spacial score (nSPS) is 17.7. The van der Waals surface area contributed by atoms with Crippen molar-refractivity contribution in [3.8, 4) is 5.75 Å². The van der Waals surface area contributed by atoms with E-state index >= 15 is 0 Å². The molecule has 136 valence electrons. The SMILES string of the molecule is Cc1nc2cc(OC[C@H](O)CN3CCN(CC(N)=O)CC3)ccc2s1. The van der Waals surface area contributed by atoms with Gasteiger partial charge in [-0.25, -0.2) is 4.98 Å². The number of β-amino-alcohol motifs (C(OH)–C–C–N with tert-alkyl or cyclic N) is 1. The molecular weight excluding hydrogens is 340 g/mol. The Morgan fingerprint density at radius 3 is 2.80 bits per heavy atom. The number of hydrogen-bond acceptors (Lipinski definition) is 7. The summed E-state index contributed by atoms with van der Waals surface area (Å²) < 4.78 is 6.85. The fraction of sp³-hybridized carbons (Fsp3) is 0.529. The van der Waals surface area contributed by atoms with Crippen LogP contribution in [0.1, 0.15) is 5.01 Å². The molecule has 2 heterocycles. The second kappa shape index (κ2) is 8.09. The van der Waals surface area contributed by atoms with Crippen LogP contribution in [0.15, 0.2) is 18.2 Å². The number of aryl methyl sites for hydroxylation is 1. The van der Waals surface area contributed by atoms with Gasteiger partial charge in [0.25, 0.3) is 0 Å². The molecule has 2 aromatic rings. The maximum Gasteiger partial charge on any atom is 0.231 e. The fourth-order valence-corrected chi connectivity index (χ4v) is 3.81. The average Bonchev–Trinajstić information content (AvgIpc) is 2.93. The smallest absolute Gasteiger partial charge is 0.231 e. The fourth-order valence-electron chi connectivity index (χ4n) is 3.01. The highest BCUT2D eigenvalue weighted by atomic mass is 32.1. The van der Waals surface area contributed by atoms with Crippen molar-refractivity contribution in [3.05, 3.63) is 23.2 Å². The Hall–Kier alpha value is -1.74. The van der Waals surface area contributed by atoms with Gasteiger partial charge in [0, 0.05) is 38.8 Å². The van der Waals surface area contributed by atoms with Crippen LogP contribution in [0.5, 0.6) is 5.75 Å². The maximum absolute atomic E-state index is 10.9. The van der Waals surface area contributed by atoms with Crippen molar-refractivity contribution in [2.24, 2.45) is 5.73 Å². The molecule has 1 fully saturated rings. The number of benzene rings is 1. The van der Waals surface area contributed by atoms with Crippen LogP contribution >= 0.6 is 11.3 Å². The number of piperazine rings is 1. The number of nitrogens with two attached hydrogens (primary N) is 1. The summed E-state index contributed by atoms with van der Waals surface area (Å²) >= 11 is 1.66. The van der Waals surface area contributed by atoms with E-state index in [9.17, 15) is 9.90 Å². The largest absolute Gasteiger partial charge is 0.491 e. The van der Waals surface area contributed by atoms with E-state index in [0.717, 1.165) is 47.2 Å². The molecule has 1 aliphatic heterocycles. The zero-order chi connectivity index (χ0) is 17.8. The molecule has 1 aromatic heterocycles. The number of aromatic nitrogens is 1. The van der Waals surface area contributed by atoms with E-state index in [0.29, 0.717) is 13.1 Å². The molecule has 0 unspecified atom stereocenters. The second-order valence-corrected chi connectivity index (χ2v) is 7.61. The molecular formula is C17H24N4O3S. The minimum absolute atomic E-state index is 0.246. The molecule has 1 aromatic carbocycles. The van der Waals surface area contributed by atoms with Crippen LogP contribution in [-0.2, 0) is 4.79 Å². The first kappa shape index (κ1) is 18.1. The van der Waals surface area contributed by atoms with Crippen molar-refractivity contribution < 1.29 is 14.6 Å². The topological polar surface area (TPSA) is 91.9 Å². The number of aliphatic hydroxyl groups excluding tert-OH is 1. The number of carbonyl (C=O) groups excluding carboxylic acids is 1. The van der Waals surface area contributed by atoms with Crippen molar-refractivity contribution in [2.45, 2.75) is 13.0 Å². The third kappa shape index (κ3) is 5.12. The van der Waals surface area contributed by atoms with Crippen molar-refractivity contribution in [2.75, 3.05) is 45.9 Å². The molecule has 1 saturated heterocycles. The van der Waals surface area contributed by atoms with Gasteiger partial charge in [0.2, 0.25) is 5.91 Å². The van der Waals surface area contributed by atoms with Gasteiger partial charge < -0.3 is 15.6 Å². The molecule has 0 aliphatic carbocycles. The standard InChI is InChI=1S/C17H24N4O3S/c1-12-19-15-8-14(2-3-16(15)25-12)24-11-13(22)9-20-4-6-21(7-5-20)10-17(18)23/h2-3,8,13,22H,4-7,9-11H2,1H3,(H2,18,23)/t13-/m1/s1. The summed E-state index contributed by atoms with van der Waals surface area (Å²) in [5.41, 5.74) is 6.15. The van der Waals surface area contributed by atoms with E-state index in [1.165, 1.54) is 0 Å². The Bertz CT molecular complexity index is 728. The van der Waals surface area contributed by atoms with Gasteiger partial charge in [0.15, 0.2) is 0 Å². The number of fused-ring (bicyclic) bond motifs is 1. The Morgan fingerprint density at radius 2 is 2.08 bits per heavy atom. The molecule has 7 nitrogen and oxygen atoms in total. The molecule has 0 spiro atoms. The van der Waals surface area contributed by atoms with Gasteiger partial charge in [-0.3, -0.25) is 14.6 Å². The first-order valence-electron chi connectivity index (χ1n) is 8.40. The van der Waals surface area contributed by atoms with Gasteiger partial charge >= 0.3 is 0 Å². The number of primary amides is 1. The molecule has 8 heteroatoms. The van der Waals surface area contributed by atoms with Crippen LogP contribution in [-0.4, -0.2) is 77.8 Å². The van der Waals surface area contributed by atoms with Gasteiger partial charge in [0.1, 0.15) is 18.5 Å². The van der Waals surface area contributed by atoms with E-state index < -0.39 is 6.10 Å². The summed E-state index contributed by atoms with van der Waals surface area (Å²) in [4.78, 5) is 19.6. The predicted molar refractivity (Wildman–Crippen MR) is 97.9 cm³/mol. The predicted octanol–water partition coefficient (Wildman–Crippen LogP) is 0.447. The molecule has 3 N–H and O–H groups in total. The summed E-state index contributed by atoms with van der Waals surface area (Å²) in [7, 11) is 0. The molecule has 1 atom stereocenters. The minimum atomic E-state index is -0.560. The van der Waals surface area contributed by atoms with Gasteiger partial charge in [0.05, 0.1) is 21.8 Å². The number of hydrogen-bond donors (Lipinski definition) is 2. The number of rotatable bonds is 7. The Kier molecular flexibility index (Phi) is 5.85. The highest BCUT2D eigenvalue weighted by Gasteiger charge is 2.20. The van der Waals surface area contributed by atoms with Crippen molar-refractivity contribution in [3.63, 3.8) is 0 Å². The van der Waals surface area contributed by atoms with E-state index in [-0.39, 0.29) is 12.5 Å². The lowest BCUT2D eigenvalue weighted by Crippen LogP contribution is -2.50. The number of amides is 1. The lowest BCUT2D eigenvalue weighted by molar-refractivity contribution is -0.119. The van der Waals surface area contributed by atoms with Gasteiger partial charge in [-0.1, -0.05) is 0 Å². The molecule has 25 heavy (non-hydrogen) atoms. The van der Waals surface area contributed by atoms with Gasteiger partial charge in [-0.15, -0.1) is 11.3 Å². The van der Waals surface area contributed by atoms with Crippen LogP contribution in [0, 0.1) is 6.92 Å². The van der Waals surface area contributed by atoms with Crippen molar-refractivity contribution in [1.29, 1.82) is 0 Å².